The van der Waals surface area contributed by atoms with Crippen molar-refractivity contribution in [3.63, 3.8) is 0 Å². The van der Waals surface area contributed by atoms with Crippen LogP contribution < -0.4 is 10.6 Å². The standard InChI is InChI=1S/C13H24N4/c1-6-7-14-12-11(8-15-10(2)17-12)9-16-13(3,4)5/h8,16H,6-7,9H2,1-5H3,(H,14,15,17). The first-order valence-electron chi connectivity index (χ1n) is 6.24. The number of hydrogen-bond acceptors (Lipinski definition) is 4. The van der Waals surface area contributed by atoms with E-state index >= 15 is 0 Å². The van der Waals surface area contributed by atoms with Gasteiger partial charge in [0, 0.05) is 30.4 Å². The van der Waals surface area contributed by atoms with Gasteiger partial charge in [-0.05, 0) is 34.1 Å². The van der Waals surface area contributed by atoms with Gasteiger partial charge in [0.2, 0.25) is 0 Å². The second-order valence-electron chi connectivity index (χ2n) is 5.32. The minimum absolute atomic E-state index is 0.104. The highest BCUT2D eigenvalue weighted by atomic mass is 15.0. The third-order valence-electron chi connectivity index (χ3n) is 2.34. The highest BCUT2D eigenvalue weighted by molar-refractivity contribution is 5.42. The Bertz CT molecular complexity index is 355. The average molecular weight is 236 g/mol. The van der Waals surface area contributed by atoms with Crippen LogP contribution in [0.15, 0.2) is 6.20 Å². The summed E-state index contributed by atoms with van der Waals surface area (Å²) in [5.74, 6) is 1.76. The molecule has 1 aromatic rings. The van der Waals surface area contributed by atoms with E-state index in [-0.39, 0.29) is 5.54 Å². The van der Waals surface area contributed by atoms with Crippen molar-refractivity contribution in [2.75, 3.05) is 11.9 Å². The van der Waals surface area contributed by atoms with Crippen LogP contribution in [-0.4, -0.2) is 22.1 Å². The number of nitrogens with one attached hydrogen (secondary N) is 2. The third-order valence-corrected chi connectivity index (χ3v) is 2.34. The first kappa shape index (κ1) is 13.9. The van der Waals surface area contributed by atoms with Crippen LogP contribution >= 0.6 is 0 Å². The summed E-state index contributed by atoms with van der Waals surface area (Å²) in [6.07, 6.45) is 2.99. The molecule has 17 heavy (non-hydrogen) atoms. The molecule has 0 aliphatic rings. The van der Waals surface area contributed by atoms with Gasteiger partial charge in [-0.15, -0.1) is 0 Å². The molecule has 1 heterocycles. The monoisotopic (exact) mass is 236 g/mol. The maximum absolute atomic E-state index is 4.45. The molecule has 0 radical (unpaired) electrons. The first-order chi connectivity index (χ1) is 7.92. The predicted octanol–water partition coefficient (Wildman–Crippen LogP) is 2.50. The van der Waals surface area contributed by atoms with Crippen molar-refractivity contribution in [2.45, 2.75) is 53.1 Å². The number of anilines is 1. The molecule has 96 valence electrons. The van der Waals surface area contributed by atoms with E-state index in [1.165, 1.54) is 0 Å². The van der Waals surface area contributed by atoms with Gasteiger partial charge in [0.05, 0.1) is 0 Å². The van der Waals surface area contributed by atoms with Gasteiger partial charge >= 0.3 is 0 Å². The quantitative estimate of drug-likeness (QED) is 0.824. The highest BCUT2D eigenvalue weighted by Gasteiger charge is 2.11. The van der Waals surface area contributed by atoms with Crippen molar-refractivity contribution in [3.05, 3.63) is 17.6 Å². The molecule has 1 aromatic heterocycles. The second kappa shape index (κ2) is 5.96. The smallest absolute Gasteiger partial charge is 0.134 e. The highest BCUT2D eigenvalue weighted by Crippen LogP contribution is 2.13. The third kappa shape index (κ3) is 5.13. The van der Waals surface area contributed by atoms with E-state index in [9.17, 15) is 0 Å². The molecule has 1 rings (SSSR count). The van der Waals surface area contributed by atoms with Crippen molar-refractivity contribution >= 4 is 5.82 Å². The van der Waals surface area contributed by atoms with Gasteiger partial charge in [-0.1, -0.05) is 6.92 Å². The average Bonchev–Trinajstić information content (AvgIpc) is 2.23. The molecular weight excluding hydrogens is 212 g/mol. The number of hydrogen-bond donors (Lipinski definition) is 2. The van der Waals surface area contributed by atoms with Crippen LogP contribution in [0, 0.1) is 6.92 Å². The number of aryl methyl sites for hydroxylation is 1. The topological polar surface area (TPSA) is 49.8 Å². The van der Waals surface area contributed by atoms with Gasteiger partial charge in [-0.25, -0.2) is 9.97 Å². The van der Waals surface area contributed by atoms with Crippen LogP contribution in [0.1, 0.15) is 45.5 Å². The molecule has 0 aromatic carbocycles. The zero-order valence-electron chi connectivity index (χ0n) is 11.6. The molecule has 0 saturated heterocycles. The first-order valence-corrected chi connectivity index (χ1v) is 6.24. The molecule has 0 amide bonds. The Morgan fingerprint density at radius 3 is 2.59 bits per heavy atom. The Morgan fingerprint density at radius 1 is 1.29 bits per heavy atom. The Morgan fingerprint density at radius 2 is 2.00 bits per heavy atom. The summed E-state index contributed by atoms with van der Waals surface area (Å²) in [6.45, 7) is 12.3. The molecular formula is C13H24N4. The molecule has 0 fully saturated rings. The van der Waals surface area contributed by atoms with Gasteiger partial charge < -0.3 is 10.6 Å². The number of rotatable bonds is 5. The molecule has 4 heteroatoms. The lowest BCUT2D eigenvalue weighted by Gasteiger charge is -2.21. The maximum Gasteiger partial charge on any atom is 0.134 e. The summed E-state index contributed by atoms with van der Waals surface area (Å²) >= 11 is 0. The Hall–Kier alpha value is -1.16. The SMILES string of the molecule is CCCNc1nc(C)ncc1CNC(C)(C)C. The van der Waals surface area contributed by atoms with E-state index in [0.717, 1.165) is 36.7 Å². The van der Waals surface area contributed by atoms with E-state index < -0.39 is 0 Å². The van der Waals surface area contributed by atoms with Gasteiger partial charge in [0.15, 0.2) is 0 Å². The van der Waals surface area contributed by atoms with Crippen molar-refractivity contribution in [2.24, 2.45) is 0 Å². The van der Waals surface area contributed by atoms with E-state index in [0.29, 0.717) is 0 Å². The summed E-state index contributed by atoms with van der Waals surface area (Å²) in [4.78, 5) is 8.71. The molecule has 0 aliphatic heterocycles. The van der Waals surface area contributed by atoms with Gasteiger partial charge in [-0.3, -0.25) is 0 Å². The second-order valence-corrected chi connectivity index (χ2v) is 5.32. The van der Waals surface area contributed by atoms with E-state index in [4.69, 9.17) is 0 Å². The van der Waals surface area contributed by atoms with Crippen molar-refractivity contribution < 1.29 is 0 Å². The Labute approximate surface area is 104 Å². The molecule has 4 nitrogen and oxygen atoms in total. The fourth-order valence-corrected chi connectivity index (χ4v) is 1.38. The van der Waals surface area contributed by atoms with Gasteiger partial charge in [0.1, 0.15) is 11.6 Å². The van der Waals surface area contributed by atoms with E-state index in [2.05, 4.69) is 48.3 Å². The maximum atomic E-state index is 4.45. The van der Waals surface area contributed by atoms with E-state index in [1.807, 2.05) is 13.1 Å². The zero-order chi connectivity index (χ0) is 12.9. The van der Waals surface area contributed by atoms with Crippen molar-refractivity contribution in [3.8, 4) is 0 Å². The van der Waals surface area contributed by atoms with Crippen molar-refractivity contribution in [1.82, 2.24) is 15.3 Å². The summed E-state index contributed by atoms with van der Waals surface area (Å²) in [5, 5.41) is 6.80. The van der Waals surface area contributed by atoms with Gasteiger partial charge in [-0.2, -0.15) is 0 Å². The normalized spacial score (nSPS) is 11.6. The summed E-state index contributed by atoms with van der Waals surface area (Å²) < 4.78 is 0. The van der Waals surface area contributed by atoms with Crippen LogP contribution in [0.3, 0.4) is 0 Å². The molecule has 2 N–H and O–H groups in total. The molecule has 0 aliphatic carbocycles. The zero-order valence-corrected chi connectivity index (χ0v) is 11.6. The lowest BCUT2D eigenvalue weighted by atomic mass is 10.1. The fourth-order valence-electron chi connectivity index (χ4n) is 1.38. The molecule has 0 saturated carbocycles. The minimum Gasteiger partial charge on any atom is -0.370 e. The van der Waals surface area contributed by atoms with Crippen LogP contribution in [0.5, 0.6) is 0 Å². The van der Waals surface area contributed by atoms with E-state index in [1.54, 1.807) is 0 Å². The lowest BCUT2D eigenvalue weighted by molar-refractivity contribution is 0.424. The summed E-state index contributed by atoms with van der Waals surface area (Å²) in [5.41, 5.74) is 1.23. The number of aromatic nitrogens is 2. The fraction of sp³-hybridized carbons (Fsp3) is 0.692. The van der Waals surface area contributed by atoms with Crippen LogP contribution in [0.4, 0.5) is 5.82 Å². The Balaban J connectivity index is 2.75. The van der Waals surface area contributed by atoms with Crippen LogP contribution in [0.25, 0.3) is 0 Å². The van der Waals surface area contributed by atoms with Crippen LogP contribution in [0.2, 0.25) is 0 Å². The lowest BCUT2D eigenvalue weighted by Crippen LogP contribution is -2.35. The summed E-state index contributed by atoms with van der Waals surface area (Å²) in [7, 11) is 0. The number of nitrogens with zero attached hydrogens (tertiary/aromatic N) is 2. The molecule has 0 atom stereocenters. The van der Waals surface area contributed by atoms with Gasteiger partial charge in [0.25, 0.3) is 0 Å². The largest absolute Gasteiger partial charge is 0.370 e. The molecule has 0 spiro atoms. The Kier molecular flexibility index (Phi) is 4.87. The molecule has 0 bridgehead atoms. The molecule has 0 unspecified atom stereocenters. The predicted molar refractivity (Wildman–Crippen MR) is 72.1 cm³/mol. The van der Waals surface area contributed by atoms with Crippen LogP contribution in [-0.2, 0) is 6.54 Å². The summed E-state index contributed by atoms with van der Waals surface area (Å²) in [6, 6.07) is 0. The van der Waals surface area contributed by atoms with Crippen molar-refractivity contribution in [1.29, 1.82) is 0 Å². The minimum atomic E-state index is 0.104.